The molecule has 0 saturated carbocycles. The molecule has 1 heterocycles. The molecule has 2 aromatic carbocycles. The third kappa shape index (κ3) is 4.56. The topological polar surface area (TPSA) is 83.3 Å². The van der Waals surface area contributed by atoms with Crippen molar-refractivity contribution in [1.82, 2.24) is 4.98 Å². The Morgan fingerprint density at radius 1 is 1.17 bits per heavy atom. The lowest BCUT2D eigenvalue weighted by atomic mass is 10.0. The summed E-state index contributed by atoms with van der Waals surface area (Å²) in [7, 11) is 0. The predicted octanol–water partition coefficient (Wildman–Crippen LogP) is 4.98. The van der Waals surface area contributed by atoms with Crippen LogP contribution in [0.15, 0.2) is 41.8 Å². The molecule has 152 valence electrons. The molecule has 0 spiro atoms. The van der Waals surface area contributed by atoms with Crippen molar-refractivity contribution in [2.24, 2.45) is 0 Å². The second-order valence-corrected chi connectivity index (χ2v) is 7.83. The number of thiazole rings is 1. The Morgan fingerprint density at radius 3 is 2.50 bits per heavy atom. The van der Waals surface area contributed by atoms with Crippen molar-refractivity contribution in [1.29, 1.82) is 5.26 Å². The lowest BCUT2D eigenvalue weighted by Crippen LogP contribution is -2.24. The molecule has 0 atom stereocenters. The second-order valence-electron chi connectivity index (χ2n) is 6.99. The zero-order valence-corrected chi connectivity index (χ0v) is 18.0. The summed E-state index contributed by atoms with van der Waals surface area (Å²) in [5.74, 6) is -0.674. The van der Waals surface area contributed by atoms with Crippen LogP contribution in [0.5, 0.6) is 0 Å². The Balaban J connectivity index is 1.80. The third-order valence-electron chi connectivity index (χ3n) is 4.48. The van der Waals surface area contributed by atoms with E-state index in [1.54, 1.807) is 28.5 Å². The van der Waals surface area contributed by atoms with Crippen LogP contribution in [0.4, 0.5) is 10.8 Å². The third-order valence-corrected chi connectivity index (χ3v) is 5.36. The van der Waals surface area contributed by atoms with Crippen molar-refractivity contribution in [3.8, 4) is 6.07 Å². The SMILES string of the molecule is CC(=O)N(c1nc(COC(=O)c2cccc(C#N)c2)cs1)c1c(C)cc(C)cc1C. The van der Waals surface area contributed by atoms with Gasteiger partial charge in [0.05, 0.1) is 28.6 Å². The van der Waals surface area contributed by atoms with Crippen LogP contribution in [-0.2, 0) is 16.1 Å². The van der Waals surface area contributed by atoms with Gasteiger partial charge in [0.15, 0.2) is 5.13 Å². The number of carbonyl (C=O) groups is 2. The molecule has 0 N–H and O–H groups in total. The van der Waals surface area contributed by atoms with E-state index in [9.17, 15) is 9.59 Å². The van der Waals surface area contributed by atoms with Crippen LogP contribution in [-0.4, -0.2) is 16.9 Å². The first-order valence-electron chi connectivity index (χ1n) is 9.30. The number of benzene rings is 2. The minimum Gasteiger partial charge on any atom is -0.456 e. The number of aryl methyl sites for hydroxylation is 3. The van der Waals surface area contributed by atoms with Gasteiger partial charge in [-0.2, -0.15) is 5.26 Å². The highest BCUT2D eigenvalue weighted by Gasteiger charge is 2.22. The number of esters is 1. The summed E-state index contributed by atoms with van der Waals surface area (Å²) >= 11 is 1.32. The lowest BCUT2D eigenvalue weighted by molar-refractivity contribution is -0.115. The number of rotatable bonds is 5. The molecule has 0 saturated heterocycles. The van der Waals surface area contributed by atoms with Gasteiger partial charge in [-0.15, -0.1) is 11.3 Å². The standard InChI is InChI=1S/C23H21N3O3S/c1-14-8-15(2)21(16(3)9-14)26(17(4)27)23-25-20(13-30-23)12-29-22(28)19-7-5-6-18(10-19)11-24/h5-10,13H,12H2,1-4H3. The average molecular weight is 420 g/mol. The van der Waals surface area contributed by atoms with Gasteiger partial charge in [-0.25, -0.2) is 9.78 Å². The van der Waals surface area contributed by atoms with Crippen molar-refractivity contribution >= 4 is 34.0 Å². The van der Waals surface area contributed by atoms with Gasteiger partial charge in [-0.1, -0.05) is 23.8 Å². The Morgan fingerprint density at radius 2 is 1.87 bits per heavy atom. The summed E-state index contributed by atoms with van der Waals surface area (Å²) in [5, 5.41) is 11.2. The first kappa shape index (κ1) is 21.2. The molecule has 0 unspecified atom stereocenters. The minimum atomic E-state index is -0.532. The first-order valence-corrected chi connectivity index (χ1v) is 10.2. The van der Waals surface area contributed by atoms with Gasteiger partial charge < -0.3 is 4.74 Å². The van der Waals surface area contributed by atoms with Crippen LogP contribution in [0.1, 0.15) is 45.2 Å². The van der Waals surface area contributed by atoms with E-state index < -0.39 is 5.97 Å². The number of ether oxygens (including phenoxy) is 1. The molecule has 0 radical (unpaired) electrons. The van der Waals surface area contributed by atoms with Gasteiger partial charge in [-0.05, 0) is 50.1 Å². The maximum atomic E-state index is 12.4. The molecule has 1 amide bonds. The highest BCUT2D eigenvalue weighted by Crippen LogP contribution is 2.34. The van der Waals surface area contributed by atoms with E-state index in [0.29, 0.717) is 22.0 Å². The summed E-state index contributed by atoms with van der Waals surface area (Å²) in [6.45, 7) is 7.43. The molecule has 1 aromatic heterocycles. The van der Waals surface area contributed by atoms with Gasteiger partial charge >= 0.3 is 5.97 Å². The van der Waals surface area contributed by atoms with Crippen LogP contribution >= 0.6 is 11.3 Å². The normalized spacial score (nSPS) is 10.4. The molecule has 3 rings (SSSR count). The molecule has 3 aromatic rings. The van der Waals surface area contributed by atoms with E-state index in [1.165, 1.54) is 24.3 Å². The van der Waals surface area contributed by atoms with Crippen LogP contribution in [0, 0.1) is 32.1 Å². The van der Waals surface area contributed by atoms with Crippen LogP contribution in [0.2, 0.25) is 0 Å². The highest BCUT2D eigenvalue weighted by atomic mass is 32.1. The Labute approximate surface area is 179 Å². The zero-order valence-electron chi connectivity index (χ0n) is 17.2. The Bertz CT molecular complexity index is 1140. The van der Waals surface area contributed by atoms with E-state index in [0.717, 1.165) is 22.4 Å². The lowest BCUT2D eigenvalue weighted by Gasteiger charge is -2.23. The number of carbonyl (C=O) groups excluding carboxylic acids is 2. The van der Waals surface area contributed by atoms with Crippen molar-refractivity contribution in [2.75, 3.05) is 4.90 Å². The predicted molar refractivity (Wildman–Crippen MR) is 116 cm³/mol. The van der Waals surface area contributed by atoms with E-state index in [4.69, 9.17) is 10.00 Å². The molecular formula is C23H21N3O3S. The molecule has 0 fully saturated rings. The largest absolute Gasteiger partial charge is 0.456 e. The van der Waals surface area contributed by atoms with Crippen molar-refractivity contribution < 1.29 is 14.3 Å². The Kier molecular flexibility index (Phi) is 6.28. The molecular weight excluding hydrogens is 398 g/mol. The highest BCUT2D eigenvalue weighted by molar-refractivity contribution is 7.14. The number of aromatic nitrogens is 1. The van der Waals surface area contributed by atoms with Gasteiger partial charge in [0.2, 0.25) is 5.91 Å². The number of hydrogen-bond acceptors (Lipinski definition) is 6. The fraction of sp³-hybridized carbons (Fsp3) is 0.217. The quantitative estimate of drug-likeness (QED) is 0.545. The molecule has 0 aliphatic heterocycles. The van der Waals surface area contributed by atoms with E-state index >= 15 is 0 Å². The summed E-state index contributed by atoms with van der Waals surface area (Å²) in [6, 6.07) is 12.4. The maximum Gasteiger partial charge on any atom is 0.338 e. The Hall–Kier alpha value is -3.50. The van der Waals surface area contributed by atoms with Gasteiger partial charge in [0.25, 0.3) is 0 Å². The molecule has 6 nitrogen and oxygen atoms in total. The molecule has 30 heavy (non-hydrogen) atoms. The van der Waals surface area contributed by atoms with E-state index in [-0.39, 0.29) is 12.5 Å². The van der Waals surface area contributed by atoms with E-state index in [2.05, 4.69) is 4.98 Å². The number of amides is 1. The van der Waals surface area contributed by atoms with Crippen LogP contribution in [0.3, 0.4) is 0 Å². The van der Waals surface area contributed by atoms with Crippen LogP contribution in [0.25, 0.3) is 0 Å². The summed E-state index contributed by atoms with van der Waals surface area (Å²) < 4.78 is 5.33. The van der Waals surface area contributed by atoms with Gasteiger partial charge in [0, 0.05) is 12.3 Å². The van der Waals surface area contributed by atoms with Crippen molar-refractivity contribution in [2.45, 2.75) is 34.3 Å². The smallest absolute Gasteiger partial charge is 0.338 e. The maximum absolute atomic E-state index is 12.4. The minimum absolute atomic E-state index is 0.0241. The van der Waals surface area contributed by atoms with Crippen molar-refractivity contribution in [3.05, 3.63) is 75.3 Å². The fourth-order valence-corrected chi connectivity index (χ4v) is 4.17. The van der Waals surface area contributed by atoms with Crippen molar-refractivity contribution in [3.63, 3.8) is 0 Å². The first-order chi connectivity index (χ1) is 14.3. The molecule has 0 aliphatic carbocycles. The summed E-state index contributed by atoms with van der Waals surface area (Å²) in [6.07, 6.45) is 0. The van der Waals surface area contributed by atoms with Gasteiger partial charge in [-0.3, -0.25) is 9.69 Å². The number of nitrogens with zero attached hydrogens (tertiary/aromatic N) is 3. The number of anilines is 2. The van der Waals surface area contributed by atoms with Gasteiger partial charge in [0.1, 0.15) is 6.61 Å². The monoisotopic (exact) mass is 419 g/mol. The number of hydrogen-bond donors (Lipinski definition) is 0. The average Bonchev–Trinajstić information content (AvgIpc) is 3.16. The molecule has 7 heteroatoms. The fourth-order valence-electron chi connectivity index (χ4n) is 3.32. The summed E-state index contributed by atoms with van der Waals surface area (Å²) in [5.41, 5.74) is 5.17. The molecule has 0 bridgehead atoms. The molecule has 0 aliphatic rings. The second kappa shape index (κ2) is 8.89. The zero-order chi connectivity index (χ0) is 21.8. The number of nitriles is 1. The van der Waals surface area contributed by atoms with E-state index in [1.807, 2.05) is 39.0 Å². The summed E-state index contributed by atoms with van der Waals surface area (Å²) in [4.78, 5) is 30.8. The van der Waals surface area contributed by atoms with Crippen LogP contribution < -0.4 is 4.90 Å².